The first-order valence-electron chi connectivity index (χ1n) is 8.91. The molecule has 148 valence electrons. The van der Waals surface area contributed by atoms with Gasteiger partial charge in [-0.15, -0.1) is 0 Å². The van der Waals surface area contributed by atoms with Crippen molar-refractivity contribution in [3.63, 3.8) is 0 Å². The van der Waals surface area contributed by atoms with Gasteiger partial charge in [0.1, 0.15) is 17.5 Å². The second-order valence-corrected chi connectivity index (χ2v) is 6.59. The molecule has 0 spiro atoms. The molecule has 0 aliphatic carbocycles. The smallest absolute Gasteiger partial charge is 0.339 e. The van der Waals surface area contributed by atoms with Gasteiger partial charge in [-0.2, -0.15) is 0 Å². The lowest BCUT2D eigenvalue weighted by Crippen LogP contribution is -2.30. The number of halogens is 1. The highest BCUT2D eigenvalue weighted by Gasteiger charge is 2.19. The molecule has 0 saturated carbocycles. The van der Waals surface area contributed by atoms with Gasteiger partial charge in [0, 0.05) is 11.9 Å². The third-order valence-electron chi connectivity index (χ3n) is 3.99. The van der Waals surface area contributed by atoms with E-state index in [9.17, 15) is 9.59 Å². The van der Waals surface area contributed by atoms with Crippen LogP contribution in [0.25, 0.3) is 0 Å². The van der Waals surface area contributed by atoms with E-state index >= 15 is 0 Å². The maximum atomic E-state index is 12.3. The van der Waals surface area contributed by atoms with Crippen molar-refractivity contribution in [2.45, 2.75) is 19.6 Å². The Morgan fingerprint density at radius 1 is 1.07 bits per heavy atom. The predicted molar refractivity (Wildman–Crippen MR) is 110 cm³/mol. The van der Waals surface area contributed by atoms with E-state index in [4.69, 9.17) is 21.1 Å². The Kier molecular flexibility index (Phi) is 6.81. The number of aromatic nitrogens is 1. The lowest BCUT2D eigenvalue weighted by Gasteiger charge is -2.14. The van der Waals surface area contributed by atoms with E-state index in [1.165, 1.54) is 25.3 Å². The zero-order valence-electron chi connectivity index (χ0n) is 15.7. The van der Waals surface area contributed by atoms with Crippen LogP contribution in [0, 0.1) is 0 Å². The van der Waals surface area contributed by atoms with Crippen LogP contribution in [-0.2, 0) is 16.1 Å². The van der Waals surface area contributed by atoms with Crippen molar-refractivity contribution in [1.29, 1.82) is 0 Å². The normalized spacial score (nSPS) is 11.4. The Hall–Kier alpha value is -3.38. The van der Waals surface area contributed by atoms with E-state index in [2.05, 4.69) is 10.3 Å². The number of ether oxygens (including phenoxy) is 2. The summed E-state index contributed by atoms with van der Waals surface area (Å²) in [6.45, 7) is 1.95. The number of nitrogens with zero attached hydrogens (tertiary/aromatic N) is 1. The first kappa shape index (κ1) is 20.4. The molecule has 7 heteroatoms. The van der Waals surface area contributed by atoms with Crippen LogP contribution in [-0.4, -0.2) is 23.0 Å². The number of hydrogen-bond donors (Lipinski definition) is 1. The van der Waals surface area contributed by atoms with Crippen LogP contribution in [0.1, 0.15) is 22.8 Å². The molecule has 3 aromatic rings. The molecule has 1 aromatic heterocycles. The molecular formula is C22H19ClN2O4. The van der Waals surface area contributed by atoms with Crippen LogP contribution in [0.4, 0.5) is 5.69 Å². The molecule has 0 aliphatic rings. The minimum atomic E-state index is -0.983. The molecular weight excluding hydrogens is 392 g/mol. The summed E-state index contributed by atoms with van der Waals surface area (Å²) in [6.07, 6.45) is 0.411. The Bertz CT molecular complexity index is 978. The molecule has 0 bridgehead atoms. The molecule has 0 saturated heterocycles. The van der Waals surface area contributed by atoms with Crippen LogP contribution in [0.5, 0.6) is 5.75 Å². The number of pyridine rings is 1. The highest BCUT2D eigenvalue weighted by atomic mass is 35.5. The monoisotopic (exact) mass is 410 g/mol. The summed E-state index contributed by atoms with van der Waals surface area (Å²) >= 11 is 5.76. The molecule has 0 aliphatic heterocycles. The van der Waals surface area contributed by atoms with E-state index in [-0.39, 0.29) is 10.7 Å². The lowest BCUT2D eigenvalue weighted by molar-refractivity contribution is -0.123. The van der Waals surface area contributed by atoms with E-state index in [0.29, 0.717) is 18.0 Å². The van der Waals surface area contributed by atoms with Gasteiger partial charge in [0.25, 0.3) is 5.91 Å². The average Bonchev–Trinajstić information content (AvgIpc) is 2.74. The van der Waals surface area contributed by atoms with Crippen LogP contribution < -0.4 is 10.1 Å². The standard InChI is InChI=1S/C22H19ClN2O4/c1-15(29-22(27)17-11-12-24-20(23)13-17)21(26)25-18-7-9-19(10-8-18)28-14-16-5-3-2-4-6-16/h2-13,15H,14H2,1H3,(H,25,26)/t15-/m0/s1. The molecule has 6 nitrogen and oxygen atoms in total. The molecule has 0 radical (unpaired) electrons. The van der Waals surface area contributed by atoms with Crippen molar-refractivity contribution in [3.05, 3.63) is 89.2 Å². The van der Waals surface area contributed by atoms with Gasteiger partial charge in [-0.3, -0.25) is 4.79 Å². The van der Waals surface area contributed by atoms with Crippen LogP contribution in [0.15, 0.2) is 72.9 Å². The first-order valence-corrected chi connectivity index (χ1v) is 9.29. The summed E-state index contributed by atoms with van der Waals surface area (Å²) < 4.78 is 10.9. The fourth-order valence-corrected chi connectivity index (χ4v) is 2.60. The number of carbonyl (C=O) groups is 2. The van der Waals surface area contributed by atoms with Crippen molar-refractivity contribution in [3.8, 4) is 5.75 Å². The third kappa shape index (κ3) is 6.05. The molecule has 0 unspecified atom stereocenters. The quantitative estimate of drug-likeness (QED) is 0.458. The van der Waals surface area contributed by atoms with Crippen molar-refractivity contribution in [2.75, 3.05) is 5.32 Å². The number of anilines is 1. The number of rotatable bonds is 7. The summed E-state index contributed by atoms with van der Waals surface area (Å²) in [4.78, 5) is 28.2. The minimum Gasteiger partial charge on any atom is -0.489 e. The predicted octanol–water partition coefficient (Wildman–Crippen LogP) is 4.50. The fourth-order valence-electron chi connectivity index (χ4n) is 2.43. The molecule has 1 atom stereocenters. The number of carbonyl (C=O) groups excluding carboxylic acids is 2. The lowest BCUT2D eigenvalue weighted by atomic mass is 10.2. The second kappa shape index (κ2) is 9.71. The molecule has 29 heavy (non-hydrogen) atoms. The largest absolute Gasteiger partial charge is 0.489 e. The van der Waals surface area contributed by atoms with Crippen LogP contribution in [0.3, 0.4) is 0 Å². The van der Waals surface area contributed by atoms with Gasteiger partial charge < -0.3 is 14.8 Å². The highest BCUT2D eigenvalue weighted by Crippen LogP contribution is 2.18. The molecule has 1 N–H and O–H groups in total. The van der Waals surface area contributed by atoms with Gasteiger partial charge in [0.05, 0.1) is 5.56 Å². The number of amides is 1. The Morgan fingerprint density at radius 3 is 2.48 bits per heavy atom. The Labute approximate surface area is 173 Å². The van der Waals surface area contributed by atoms with E-state index in [1.54, 1.807) is 24.3 Å². The number of benzene rings is 2. The molecule has 1 heterocycles. The summed E-state index contributed by atoms with van der Waals surface area (Å²) in [5.74, 6) is -0.418. The SMILES string of the molecule is C[C@H](OC(=O)c1ccnc(Cl)c1)C(=O)Nc1ccc(OCc2ccccc2)cc1. The number of nitrogens with one attached hydrogen (secondary N) is 1. The number of hydrogen-bond acceptors (Lipinski definition) is 5. The van der Waals surface area contributed by atoms with Crippen molar-refractivity contribution in [2.24, 2.45) is 0 Å². The van der Waals surface area contributed by atoms with Gasteiger partial charge in [-0.1, -0.05) is 41.9 Å². The molecule has 3 rings (SSSR count). The third-order valence-corrected chi connectivity index (χ3v) is 4.19. The summed E-state index contributed by atoms with van der Waals surface area (Å²) in [7, 11) is 0. The maximum Gasteiger partial charge on any atom is 0.339 e. The van der Waals surface area contributed by atoms with Crippen LogP contribution >= 0.6 is 11.6 Å². The van der Waals surface area contributed by atoms with Crippen molar-refractivity contribution >= 4 is 29.2 Å². The van der Waals surface area contributed by atoms with Crippen LogP contribution in [0.2, 0.25) is 5.15 Å². The van der Waals surface area contributed by atoms with E-state index < -0.39 is 18.0 Å². The van der Waals surface area contributed by atoms with Gasteiger partial charge in [0.2, 0.25) is 0 Å². The molecule has 0 fully saturated rings. The topological polar surface area (TPSA) is 77.5 Å². The van der Waals surface area contributed by atoms with Gasteiger partial charge >= 0.3 is 5.97 Å². The van der Waals surface area contributed by atoms with Gasteiger partial charge in [-0.05, 0) is 48.9 Å². The Morgan fingerprint density at radius 2 is 1.79 bits per heavy atom. The average molecular weight is 411 g/mol. The fraction of sp³-hybridized carbons (Fsp3) is 0.136. The first-order chi connectivity index (χ1) is 14.0. The zero-order chi connectivity index (χ0) is 20.6. The van der Waals surface area contributed by atoms with Gasteiger partial charge in [0.15, 0.2) is 6.10 Å². The second-order valence-electron chi connectivity index (χ2n) is 6.20. The Balaban J connectivity index is 1.51. The molecule has 2 aromatic carbocycles. The number of esters is 1. The summed E-state index contributed by atoms with van der Waals surface area (Å²) in [6, 6.07) is 19.6. The van der Waals surface area contributed by atoms with E-state index in [0.717, 1.165) is 5.56 Å². The summed E-state index contributed by atoms with van der Waals surface area (Å²) in [5, 5.41) is 2.87. The zero-order valence-corrected chi connectivity index (χ0v) is 16.4. The summed E-state index contributed by atoms with van der Waals surface area (Å²) in [5.41, 5.74) is 1.86. The van der Waals surface area contributed by atoms with E-state index in [1.807, 2.05) is 30.3 Å². The maximum absolute atomic E-state index is 12.3. The minimum absolute atomic E-state index is 0.172. The highest BCUT2D eigenvalue weighted by molar-refractivity contribution is 6.29. The van der Waals surface area contributed by atoms with Gasteiger partial charge in [-0.25, -0.2) is 9.78 Å². The van der Waals surface area contributed by atoms with Crippen molar-refractivity contribution in [1.82, 2.24) is 4.98 Å². The molecule has 1 amide bonds. The van der Waals surface area contributed by atoms with Crippen molar-refractivity contribution < 1.29 is 19.1 Å².